The molecule has 5 atom stereocenters. The van der Waals surface area contributed by atoms with Crippen LogP contribution in [-0.2, 0) is 22.0 Å². The molecule has 0 saturated heterocycles. The number of allylic oxidation sites excluding steroid dienone is 1. The zero-order chi connectivity index (χ0) is 35.1. The number of ether oxygens (including phenoxy) is 1. The molecule has 0 aliphatic rings. The highest BCUT2D eigenvalue weighted by Gasteiger charge is 2.29. The van der Waals surface area contributed by atoms with Gasteiger partial charge in [-0.25, -0.2) is 9.37 Å². The van der Waals surface area contributed by atoms with Crippen LogP contribution in [0.25, 0.3) is 0 Å². The molecule has 0 bridgehead atoms. The highest BCUT2D eigenvalue weighted by atomic mass is 35.5. The van der Waals surface area contributed by atoms with Gasteiger partial charge in [-0.15, -0.1) is 0 Å². The van der Waals surface area contributed by atoms with Gasteiger partial charge < -0.3 is 15.8 Å². The summed E-state index contributed by atoms with van der Waals surface area (Å²) in [5.74, 6) is 6.37. The standard InChI is InChI=1S/C38H48ClFN4O3S/c1-6-10-31(42-22-8-11-27(4)12-9-24-48(5)46)19-20-32-33(40)13-7-14-34(32)44-38(45)37(41)36(28-15-17-30(39)18-16-28)29-21-23-43-35(25-29)47-26(2)3/h6-7,10,13-18,21,23,25-27,31,36-37,42H,9,12,19-20,22,24,41H2,1-5H3,(H,44,45)/b10-6-/t27?,31?,36-,37-,48?/m0/s1. The Hall–Kier alpha value is -3.55. The van der Waals surface area contributed by atoms with Crippen LogP contribution in [0.3, 0.4) is 0 Å². The monoisotopic (exact) mass is 694 g/mol. The molecule has 0 fully saturated rings. The SMILES string of the molecule is C/C=C\C(CCc1c(F)cccc1NC(=O)[C@@H](N)[C@@H](c1ccc(Cl)cc1)c1ccnc(OC(C)C)c1)NCC#CC(C)CCCS(C)=O. The lowest BCUT2D eigenvalue weighted by Gasteiger charge is -2.25. The molecular weight excluding hydrogens is 647 g/mol. The van der Waals surface area contributed by atoms with Crippen LogP contribution in [0.4, 0.5) is 10.1 Å². The topological polar surface area (TPSA) is 106 Å². The fraction of sp³-hybridized carbons (Fsp3) is 0.421. The van der Waals surface area contributed by atoms with Gasteiger partial charge in [0.25, 0.3) is 0 Å². The molecule has 3 unspecified atom stereocenters. The molecule has 0 radical (unpaired) electrons. The minimum absolute atomic E-state index is 0.0456. The van der Waals surface area contributed by atoms with Gasteiger partial charge in [-0.05, 0) is 87.9 Å². The van der Waals surface area contributed by atoms with Crippen LogP contribution in [0.15, 0.2) is 72.9 Å². The molecule has 0 aliphatic carbocycles. The third-order valence-electron chi connectivity index (χ3n) is 7.74. The van der Waals surface area contributed by atoms with Crippen molar-refractivity contribution in [1.82, 2.24) is 10.3 Å². The van der Waals surface area contributed by atoms with E-state index in [1.807, 2.05) is 51.1 Å². The first kappa shape index (κ1) is 38.9. The zero-order valence-electron chi connectivity index (χ0n) is 28.5. The summed E-state index contributed by atoms with van der Waals surface area (Å²) in [7, 11) is -0.782. The molecule has 258 valence electrons. The van der Waals surface area contributed by atoms with Crippen LogP contribution in [0, 0.1) is 23.6 Å². The number of hydrogen-bond acceptors (Lipinski definition) is 6. The normalized spacial score (nSPS) is 14.5. The summed E-state index contributed by atoms with van der Waals surface area (Å²) >= 11 is 6.17. The smallest absolute Gasteiger partial charge is 0.242 e. The van der Waals surface area contributed by atoms with Crippen molar-refractivity contribution in [1.29, 1.82) is 0 Å². The van der Waals surface area contributed by atoms with E-state index in [0.717, 1.165) is 24.0 Å². The summed E-state index contributed by atoms with van der Waals surface area (Å²) in [4.78, 5) is 18.1. The number of carbonyl (C=O) groups excluding carboxylic acids is 1. The third kappa shape index (κ3) is 12.8. The number of benzene rings is 2. The quantitative estimate of drug-likeness (QED) is 0.104. The van der Waals surface area contributed by atoms with E-state index >= 15 is 4.39 Å². The summed E-state index contributed by atoms with van der Waals surface area (Å²) in [6.45, 7) is 8.32. The van der Waals surface area contributed by atoms with E-state index in [4.69, 9.17) is 22.1 Å². The molecule has 1 heterocycles. The molecule has 0 saturated carbocycles. The van der Waals surface area contributed by atoms with Crippen molar-refractivity contribution in [2.75, 3.05) is 23.9 Å². The Labute approximate surface area is 292 Å². The number of hydrogen-bond donors (Lipinski definition) is 3. The molecule has 1 aromatic heterocycles. The number of nitrogens with zero attached hydrogens (tertiary/aromatic N) is 1. The van der Waals surface area contributed by atoms with Crippen LogP contribution >= 0.6 is 11.6 Å². The van der Waals surface area contributed by atoms with Crippen molar-refractivity contribution in [3.8, 4) is 17.7 Å². The molecule has 2 aromatic carbocycles. The Balaban J connectivity index is 1.75. The van der Waals surface area contributed by atoms with Gasteiger partial charge >= 0.3 is 0 Å². The predicted octanol–water partition coefficient (Wildman–Crippen LogP) is 7.02. The van der Waals surface area contributed by atoms with E-state index in [1.54, 1.807) is 42.8 Å². The number of halogens is 2. The first-order chi connectivity index (χ1) is 23.0. The van der Waals surface area contributed by atoms with Crippen molar-refractivity contribution in [2.24, 2.45) is 11.7 Å². The molecular formula is C38H48ClFN4O3S. The Morgan fingerprint density at radius 1 is 1.12 bits per heavy atom. The number of nitrogens with two attached hydrogens (primary N) is 1. The molecule has 1 amide bonds. The van der Waals surface area contributed by atoms with Crippen LogP contribution < -0.4 is 21.1 Å². The van der Waals surface area contributed by atoms with Crippen LogP contribution in [0.1, 0.15) is 69.6 Å². The largest absolute Gasteiger partial charge is 0.475 e. The molecule has 3 aromatic rings. The van der Waals surface area contributed by atoms with E-state index in [-0.39, 0.29) is 18.1 Å². The maximum atomic E-state index is 15.3. The third-order valence-corrected chi connectivity index (χ3v) is 8.86. The van der Waals surface area contributed by atoms with E-state index in [9.17, 15) is 9.00 Å². The average Bonchev–Trinajstić information content (AvgIpc) is 3.03. The van der Waals surface area contributed by atoms with Crippen molar-refractivity contribution in [3.63, 3.8) is 0 Å². The molecule has 0 aliphatic heterocycles. The summed E-state index contributed by atoms with van der Waals surface area (Å²) in [5.41, 5.74) is 9.02. The van der Waals surface area contributed by atoms with Crippen molar-refractivity contribution in [2.45, 2.75) is 77.5 Å². The van der Waals surface area contributed by atoms with E-state index in [0.29, 0.717) is 47.3 Å². The Kier molecular flexibility index (Phi) is 16.3. The van der Waals surface area contributed by atoms with Gasteiger partial charge in [-0.2, -0.15) is 0 Å². The Morgan fingerprint density at radius 2 is 1.88 bits per heavy atom. The molecule has 0 spiro atoms. The van der Waals surface area contributed by atoms with Crippen LogP contribution in [-0.4, -0.2) is 51.8 Å². The number of pyridine rings is 1. The fourth-order valence-electron chi connectivity index (χ4n) is 5.37. The Bertz CT molecular complexity index is 1590. The number of nitrogens with one attached hydrogen (secondary N) is 2. The summed E-state index contributed by atoms with van der Waals surface area (Å²) in [6.07, 6.45) is 10.0. The number of aromatic nitrogens is 1. The fourth-order valence-corrected chi connectivity index (χ4v) is 6.07. The summed E-state index contributed by atoms with van der Waals surface area (Å²) in [5, 5.41) is 6.91. The number of amides is 1. The van der Waals surface area contributed by atoms with Gasteiger partial charge in [0, 0.05) is 69.2 Å². The van der Waals surface area contributed by atoms with Crippen LogP contribution in [0.5, 0.6) is 5.88 Å². The van der Waals surface area contributed by atoms with Crippen LogP contribution in [0.2, 0.25) is 5.02 Å². The maximum Gasteiger partial charge on any atom is 0.242 e. The second kappa shape index (κ2) is 20.1. The van der Waals surface area contributed by atoms with E-state index < -0.39 is 34.5 Å². The molecule has 48 heavy (non-hydrogen) atoms. The molecule has 7 nitrogen and oxygen atoms in total. The lowest BCUT2D eigenvalue weighted by molar-refractivity contribution is -0.117. The highest BCUT2D eigenvalue weighted by molar-refractivity contribution is 7.84. The van der Waals surface area contributed by atoms with Crippen molar-refractivity contribution in [3.05, 3.63) is 100 Å². The summed E-state index contributed by atoms with van der Waals surface area (Å²) < 4.78 is 32.4. The van der Waals surface area contributed by atoms with Crippen molar-refractivity contribution >= 4 is 34.0 Å². The predicted molar refractivity (Wildman–Crippen MR) is 196 cm³/mol. The minimum Gasteiger partial charge on any atom is -0.475 e. The van der Waals surface area contributed by atoms with Gasteiger partial charge in [0.05, 0.1) is 18.7 Å². The first-order valence-corrected chi connectivity index (χ1v) is 18.5. The van der Waals surface area contributed by atoms with Gasteiger partial charge in [0.1, 0.15) is 5.82 Å². The second-order valence-electron chi connectivity index (χ2n) is 12.1. The van der Waals surface area contributed by atoms with E-state index in [1.165, 1.54) is 6.07 Å². The zero-order valence-corrected chi connectivity index (χ0v) is 30.0. The maximum absolute atomic E-state index is 15.3. The van der Waals surface area contributed by atoms with Gasteiger partial charge in [-0.3, -0.25) is 14.3 Å². The lowest BCUT2D eigenvalue weighted by Crippen LogP contribution is -2.41. The molecule has 3 rings (SSSR count). The lowest BCUT2D eigenvalue weighted by atomic mass is 9.85. The van der Waals surface area contributed by atoms with E-state index in [2.05, 4.69) is 34.4 Å². The minimum atomic E-state index is -1.03. The molecule has 4 N–H and O–H groups in total. The van der Waals surface area contributed by atoms with Gasteiger partial charge in [0.2, 0.25) is 11.8 Å². The van der Waals surface area contributed by atoms with Gasteiger partial charge in [-0.1, -0.05) is 60.7 Å². The first-order valence-electron chi connectivity index (χ1n) is 16.3. The highest BCUT2D eigenvalue weighted by Crippen LogP contribution is 2.31. The Morgan fingerprint density at radius 3 is 2.56 bits per heavy atom. The van der Waals surface area contributed by atoms with Crippen molar-refractivity contribution < 1.29 is 18.1 Å². The molecule has 10 heteroatoms. The summed E-state index contributed by atoms with van der Waals surface area (Å²) in [6, 6.07) is 14.4. The number of carbonyl (C=O) groups is 1. The number of anilines is 1. The second-order valence-corrected chi connectivity index (χ2v) is 14.1. The number of rotatable bonds is 17. The van der Waals surface area contributed by atoms with Gasteiger partial charge in [0.15, 0.2) is 0 Å². The average molecular weight is 695 g/mol.